The van der Waals surface area contributed by atoms with Crippen molar-refractivity contribution < 1.29 is 24.2 Å². The minimum atomic E-state index is -1.08. The van der Waals surface area contributed by atoms with Crippen molar-refractivity contribution >= 4 is 33.5 Å². The summed E-state index contributed by atoms with van der Waals surface area (Å²) < 4.78 is 11.4. The van der Waals surface area contributed by atoms with E-state index in [0.717, 1.165) is 5.56 Å². The van der Waals surface area contributed by atoms with E-state index in [1.807, 2.05) is 25.1 Å². The molecule has 0 fully saturated rings. The van der Waals surface area contributed by atoms with Gasteiger partial charge in [0.15, 0.2) is 18.1 Å². The fraction of sp³-hybridized carbons (Fsp3) is 0.222. The van der Waals surface area contributed by atoms with Gasteiger partial charge in [0.2, 0.25) is 0 Å². The maximum atomic E-state index is 12.1. The highest BCUT2D eigenvalue weighted by atomic mass is 79.9. The Balaban J connectivity index is 2.11. The van der Waals surface area contributed by atoms with Crippen LogP contribution >= 0.6 is 15.9 Å². The topological polar surface area (TPSA) is 84.9 Å². The van der Waals surface area contributed by atoms with Crippen LogP contribution < -0.4 is 14.8 Å². The SMILES string of the molecule is CCOc1cc(C(=O)O)cc(Br)c1OCC(=O)Nc1cccc(C)c1. The van der Waals surface area contributed by atoms with Crippen LogP contribution in [0.4, 0.5) is 5.69 Å². The summed E-state index contributed by atoms with van der Waals surface area (Å²) in [5.74, 6) is -0.864. The van der Waals surface area contributed by atoms with Crippen LogP contribution in [0.15, 0.2) is 40.9 Å². The summed E-state index contributed by atoms with van der Waals surface area (Å²) >= 11 is 3.26. The van der Waals surface area contributed by atoms with Gasteiger partial charge in [-0.25, -0.2) is 4.79 Å². The zero-order valence-corrected chi connectivity index (χ0v) is 15.4. The molecule has 0 saturated carbocycles. The number of carboxylic acids is 1. The van der Waals surface area contributed by atoms with E-state index >= 15 is 0 Å². The fourth-order valence-corrected chi connectivity index (χ4v) is 2.71. The summed E-state index contributed by atoms with van der Waals surface area (Å²) in [7, 11) is 0. The van der Waals surface area contributed by atoms with Gasteiger partial charge in [0.25, 0.3) is 5.91 Å². The molecule has 1 amide bonds. The van der Waals surface area contributed by atoms with Crippen molar-refractivity contribution in [3.63, 3.8) is 0 Å². The Morgan fingerprint density at radius 1 is 1.20 bits per heavy atom. The van der Waals surface area contributed by atoms with E-state index in [1.165, 1.54) is 12.1 Å². The molecule has 25 heavy (non-hydrogen) atoms. The van der Waals surface area contributed by atoms with Crippen molar-refractivity contribution in [1.82, 2.24) is 0 Å². The van der Waals surface area contributed by atoms with E-state index in [4.69, 9.17) is 14.6 Å². The molecule has 2 aromatic rings. The van der Waals surface area contributed by atoms with Gasteiger partial charge in [-0.1, -0.05) is 12.1 Å². The molecule has 6 nitrogen and oxygen atoms in total. The normalized spacial score (nSPS) is 10.2. The number of aryl methyl sites for hydroxylation is 1. The van der Waals surface area contributed by atoms with E-state index in [2.05, 4.69) is 21.2 Å². The molecule has 0 aliphatic heterocycles. The number of carbonyl (C=O) groups is 2. The zero-order chi connectivity index (χ0) is 18.4. The van der Waals surface area contributed by atoms with Gasteiger partial charge in [-0.3, -0.25) is 4.79 Å². The van der Waals surface area contributed by atoms with Crippen molar-refractivity contribution in [2.75, 3.05) is 18.5 Å². The van der Waals surface area contributed by atoms with Gasteiger partial charge in [-0.05, 0) is 59.6 Å². The molecular formula is C18H18BrNO5. The van der Waals surface area contributed by atoms with Crippen LogP contribution in [0.1, 0.15) is 22.8 Å². The molecule has 0 aliphatic carbocycles. The van der Waals surface area contributed by atoms with E-state index in [9.17, 15) is 9.59 Å². The summed E-state index contributed by atoms with van der Waals surface area (Å²) in [4.78, 5) is 23.2. The molecule has 132 valence electrons. The van der Waals surface area contributed by atoms with E-state index in [-0.39, 0.29) is 29.6 Å². The van der Waals surface area contributed by atoms with E-state index in [0.29, 0.717) is 16.8 Å². The molecule has 2 N–H and O–H groups in total. The van der Waals surface area contributed by atoms with Gasteiger partial charge >= 0.3 is 5.97 Å². The Morgan fingerprint density at radius 2 is 1.96 bits per heavy atom. The second kappa shape index (κ2) is 8.53. The first-order chi connectivity index (χ1) is 11.9. The number of benzene rings is 2. The fourth-order valence-electron chi connectivity index (χ4n) is 2.15. The molecular weight excluding hydrogens is 390 g/mol. The molecule has 0 atom stereocenters. The molecule has 0 saturated heterocycles. The quantitative estimate of drug-likeness (QED) is 0.727. The largest absolute Gasteiger partial charge is 0.490 e. The smallest absolute Gasteiger partial charge is 0.335 e. The zero-order valence-electron chi connectivity index (χ0n) is 13.8. The van der Waals surface area contributed by atoms with Crippen LogP contribution in [0.25, 0.3) is 0 Å². The molecule has 0 radical (unpaired) electrons. The number of rotatable bonds is 7. The van der Waals surface area contributed by atoms with Gasteiger partial charge in [0.1, 0.15) is 0 Å². The van der Waals surface area contributed by atoms with Crippen molar-refractivity contribution in [3.8, 4) is 11.5 Å². The first-order valence-corrected chi connectivity index (χ1v) is 8.39. The number of carboxylic acid groups (broad SMARTS) is 1. The molecule has 0 aromatic heterocycles. The van der Waals surface area contributed by atoms with Crippen LogP contribution in [0.3, 0.4) is 0 Å². The molecule has 0 bridgehead atoms. The number of anilines is 1. The maximum absolute atomic E-state index is 12.1. The van der Waals surface area contributed by atoms with Crippen molar-refractivity contribution in [3.05, 3.63) is 52.0 Å². The third-order valence-electron chi connectivity index (χ3n) is 3.21. The Morgan fingerprint density at radius 3 is 2.60 bits per heavy atom. The first-order valence-electron chi connectivity index (χ1n) is 7.59. The third-order valence-corrected chi connectivity index (χ3v) is 3.79. The van der Waals surface area contributed by atoms with E-state index in [1.54, 1.807) is 13.0 Å². The summed E-state index contributed by atoms with van der Waals surface area (Å²) in [5, 5.41) is 11.9. The first kappa shape index (κ1) is 18.8. The molecule has 0 aliphatic rings. The van der Waals surface area contributed by atoms with Crippen LogP contribution in [-0.2, 0) is 4.79 Å². The van der Waals surface area contributed by atoms with Gasteiger partial charge < -0.3 is 19.9 Å². The van der Waals surface area contributed by atoms with Crippen LogP contribution in [-0.4, -0.2) is 30.2 Å². The second-order valence-corrected chi connectivity index (χ2v) is 6.08. The Bertz CT molecular complexity index is 791. The number of hydrogen-bond donors (Lipinski definition) is 2. The lowest BCUT2D eigenvalue weighted by molar-refractivity contribution is -0.118. The lowest BCUT2D eigenvalue weighted by Gasteiger charge is -2.14. The molecule has 0 spiro atoms. The molecule has 0 unspecified atom stereocenters. The Kier molecular flexibility index (Phi) is 6.41. The van der Waals surface area contributed by atoms with E-state index < -0.39 is 5.97 Å². The summed E-state index contributed by atoms with van der Waals surface area (Å²) in [5.41, 5.74) is 1.77. The predicted octanol–water partition coefficient (Wildman–Crippen LogP) is 3.87. The van der Waals surface area contributed by atoms with Crippen LogP contribution in [0.2, 0.25) is 0 Å². The summed E-state index contributed by atoms with van der Waals surface area (Å²) in [6, 6.07) is 10.2. The van der Waals surface area contributed by atoms with Gasteiger partial charge in [-0.15, -0.1) is 0 Å². The highest BCUT2D eigenvalue weighted by Gasteiger charge is 2.16. The van der Waals surface area contributed by atoms with Gasteiger partial charge in [0.05, 0.1) is 16.6 Å². The predicted molar refractivity (Wildman–Crippen MR) is 97.6 cm³/mol. The van der Waals surface area contributed by atoms with Crippen LogP contribution in [0, 0.1) is 6.92 Å². The number of amides is 1. The molecule has 2 rings (SSSR count). The lowest BCUT2D eigenvalue weighted by atomic mass is 10.2. The van der Waals surface area contributed by atoms with Gasteiger partial charge in [-0.2, -0.15) is 0 Å². The Labute approximate surface area is 153 Å². The number of aromatic carboxylic acids is 1. The average Bonchev–Trinajstić information content (AvgIpc) is 2.54. The van der Waals surface area contributed by atoms with Crippen LogP contribution in [0.5, 0.6) is 11.5 Å². The number of ether oxygens (including phenoxy) is 2. The highest BCUT2D eigenvalue weighted by molar-refractivity contribution is 9.10. The van der Waals surface area contributed by atoms with Crippen molar-refractivity contribution in [2.45, 2.75) is 13.8 Å². The lowest BCUT2D eigenvalue weighted by Crippen LogP contribution is -2.20. The maximum Gasteiger partial charge on any atom is 0.335 e. The standard InChI is InChI=1S/C18H18BrNO5/c1-3-24-15-9-12(18(22)23)8-14(19)17(15)25-10-16(21)20-13-6-4-5-11(2)7-13/h4-9H,3,10H2,1-2H3,(H,20,21)(H,22,23). The minimum Gasteiger partial charge on any atom is -0.490 e. The number of nitrogens with one attached hydrogen (secondary N) is 1. The van der Waals surface area contributed by atoms with Crippen molar-refractivity contribution in [1.29, 1.82) is 0 Å². The summed E-state index contributed by atoms with van der Waals surface area (Å²) in [6.07, 6.45) is 0. The minimum absolute atomic E-state index is 0.0619. The van der Waals surface area contributed by atoms with Gasteiger partial charge in [0, 0.05) is 5.69 Å². The summed E-state index contributed by atoms with van der Waals surface area (Å²) in [6.45, 7) is 3.80. The second-order valence-electron chi connectivity index (χ2n) is 5.23. The number of carbonyl (C=O) groups excluding carboxylic acids is 1. The monoisotopic (exact) mass is 407 g/mol. The molecule has 0 heterocycles. The molecule has 7 heteroatoms. The number of hydrogen-bond acceptors (Lipinski definition) is 4. The third kappa shape index (κ3) is 5.22. The van der Waals surface area contributed by atoms with Crippen molar-refractivity contribution in [2.24, 2.45) is 0 Å². The average molecular weight is 408 g/mol. The molecule has 2 aromatic carbocycles. The number of halogens is 1. The highest BCUT2D eigenvalue weighted by Crippen LogP contribution is 2.37. The Hall–Kier alpha value is -2.54.